The van der Waals surface area contributed by atoms with Gasteiger partial charge in [0.1, 0.15) is 0 Å². The number of amides is 1. The van der Waals surface area contributed by atoms with E-state index < -0.39 is 11.4 Å². The van der Waals surface area contributed by atoms with E-state index >= 15 is 0 Å². The normalized spacial score (nSPS) is 20.6. The van der Waals surface area contributed by atoms with Crippen LogP contribution in [0.4, 0.5) is 0 Å². The van der Waals surface area contributed by atoms with Crippen molar-refractivity contribution in [3.05, 3.63) is 0 Å². The standard InChI is InChI=1S/C14H26N2O4/c1-4-14(5-2,13(18)19)8-12(17)15-9-11-10-16(3)6-7-20-11/h11H,4-10H2,1-3H3,(H,15,17)(H,18,19). The summed E-state index contributed by atoms with van der Waals surface area (Å²) in [7, 11) is 2.01. The van der Waals surface area contributed by atoms with Crippen LogP contribution in [-0.2, 0) is 14.3 Å². The second-order valence-corrected chi connectivity index (χ2v) is 5.53. The van der Waals surface area contributed by atoms with Crippen LogP contribution >= 0.6 is 0 Å². The Labute approximate surface area is 120 Å². The van der Waals surface area contributed by atoms with Gasteiger partial charge in [0.25, 0.3) is 0 Å². The Morgan fingerprint density at radius 1 is 1.40 bits per heavy atom. The average molecular weight is 286 g/mol. The Morgan fingerprint density at radius 2 is 2.05 bits per heavy atom. The molecule has 1 amide bonds. The summed E-state index contributed by atoms with van der Waals surface area (Å²) in [5.74, 6) is -1.11. The smallest absolute Gasteiger partial charge is 0.310 e. The van der Waals surface area contributed by atoms with Crippen molar-refractivity contribution in [1.82, 2.24) is 10.2 Å². The van der Waals surface area contributed by atoms with Crippen LogP contribution in [-0.4, -0.2) is 61.3 Å². The number of nitrogens with one attached hydrogen (secondary N) is 1. The molecule has 1 heterocycles. The fourth-order valence-electron chi connectivity index (χ4n) is 2.47. The van der Waals surface area contributed by atoms with E-state index in [0.717, 1.165) is 13.1 Å². The molecule has 1 aliphatic rings. The highest BCUT2D eigenvalue weighted by Gasteiger charge is 2.37. The number of ether oxygens (including phenoxy) is 1. The minimum absolute atomic E-state index is 0.0137. The first kappa shape index (κ1) is 16.9. The summed E-state index contributed by atoms with van der Waals surface area (Å²) >= 11 is 0. The Kier molecular flexibility index (Phi) is 6.42. The minimum atomic E-state index is -0.950. The van der Waals surface area contributed by atoms with E-state index in [4.69, 9.17) is 4.74 Å². The van der Waals surface area contributed by atoms with Gasteiger partial charge in [-0.05, 0) is 19.9 Å². The highest BCUT2D eigenvalue weighted by atomic mass is 16.5. The molecule has 0 aromatic rings. The molecule has 6 nitrogen and oxygen atoms in total. The van der Waals surface area contributed by atoms with Crippen molar-refractivity contribution in [3.8, 4) is 0 Å². The quantitative estimate of drug-likeness (QED) is 0.721. The van der Waals surface area contributed by atoms with Crippen molar-refractivity contribution in [2.75, 3.05) is 33.3 Å². The van der Waals surface area contributed by atoms with E-state index in [2.05, 4.69) is 10.2 Å². The molecule has 116 valence electrons. The molecular formula is C14H26N2O4. The molecule has 1 rings (SSSR count). The van der Waals surface area contributed by atoms with Crippen LogP contribution < -0.4 is 5.32 Å². The topological polar surface area (TPSA) is 78.9 Å². The van der Waals surface area contributed by atoms with Gasteiger partial charge in [0.05, 0.1) is 18.1 Å². The number of hydrogen-bond acceptors (Lipinski definition) is 4. The molecule has 0 spiro atoms. The van der Waals surface area contributed by atoms with Crippen molar-refractivity contribution in [3.63, 3.8) is 0 Å². The first-order chi connectivity index (χ1) is 9.43. The molecule has 1 saturated heterocycles. The maximum absolute atomic E-state index is 12.0. The van der Waals surface area contributed by atoms with Crippen molar-refractivity contribution >= 4 is 11.9 Å². The van der Waals surface area contributed by atoms with Crippen LogP contribution in [0.25, 0.3) is 0 Å². The highest BCUT2D eigenvalue weighted by Crippen LogP contribution is 2.30. The number of carbonyl (C=O) groups is 2. The first-order valence-corrected chi connectivity index (χ1v) is 7.23. The SMILES string of the molecule is CCC(CC)(CC(=O)NCC1CN(C)CCO1)C(=O)O. The fraction of sp³-hybridized carbons (Fsp3) is 0.857. The highest BCUT2D eigenvalue weighted by molar-refractivity contribution is 5.84. The second kappa shape index (κ2) is 7.59. The molecule has 0 radical (unpaired) electrons. The van der Waals surface area contributed by atoms with Crippen molar-refractivity contribution in [2.45, 2.75) is 39.2 Å². The van der Waals surface area contributed by atoms with Gasteiger partial charge < -0.3 is 20.1 Å². The maximum Gasteiger partial charge on any atom is 0.310 e. The summed E-state index contributed by atoms with van der Waals surface area (Å²) in [5, 5.41) is 12.1. The molecule has 6 heteroatoms. The van der Waals surface area contributed by atoms with Gasteiger partial charge in [-0.25, -0.2) is 0 Å². The van der Waals surface area contributed by atoms with Gasteiger partial charge in [-0.1, -0.05) is 13.8 Å². The van der Waals surface area contributed by atoms with Crippen LogP contribution in [0.3, 0.4) is 0 Å². The summed E-state index contributed by atoms with van der Waals surface area (Å²) in [6.07, 6.45) is 0.919. The maximum atomic E-state index is 12.0. The average Bonchev–Trinajstić information content (AvgIpc) is 2.42. The largest absolute Gasteiger partial charge is 0.481 e. The fourth-order valence-corrected chi connectivity index (χ4v) is 2.47. The van der Waals surface area contributed by atoms with Gasteiger partial charge in [0.2, 0.25) is 5.91 Å². The third-order valence-electron chi connectivity index (χ3n) is 4.17. The number of rotatable bonds is 7. The Morgan fingerprint density at radius 3 is 2.55 bits per heavy atom. The summed E-state index contributed by atoms with van der Waals surface area (Å²) in [4.78, 5) is 25.5. The first-order valence-electron chi connectivity index (χ1n) is 7.23. The third-order valence-corrected chi connectivity index (χ3v) is 4.17. The number of carboxylic acids is 1. The molecular weight excluding hydrogens is 260 g/mol. The van der Waals surface area contributed by atoms with Crippen molar-refractivity contribution < 1.29 is 19.4 Å². The summed E-state index contributed by atoms with van der Waals surface area (Å²) in [5.41, 5.74) is -0.950. The molecule has 1 unspecified atom stereocenters. The molecule has 0 bridgehead atoms. The zero-order valence-corrected chi connectivity index (χ0v) is 12.6. The van der Waals surface area contributed by atoms with Gasteiger partial charge in [-0.2, -0.15) is 0 Å². The van der Waals surface area contributed by atoms with Crippen molar-refractivity contribution in [1.29, 1.82) is 0 Å². The predicted molar refractivity (Wildman–Crippen MR) is 75.5 cm³/mol. The lowest BCUT2D eigenvalue weighted by Gasteiger charge is -2.31. The monoisotopic (exact) mass is 286 g/mol. The zero-order chi connectivity index (χ0) is 15.2. The number of nitrogens with zero attached hydrogens (tertiary/aromatic N) is 1. The number of morpholine rings is 1. The van der Waals surface area contributed by atoms with Crippen LogP contribution in [0.1, 0.15) is 33.1 Å². The predicted octanol–water partition coefficient (Wildman–Crippen LogP) is 0.714. The number of likely N-dealkylation sites (N-methyl/N-ethyl adjacent to an activating group) is 1. The molecule has 2 N–H and O–H groups in total. The van der Waals surface area contributed by atoms with E-state index in [9.17, 15) is 14.7 Å². The van der Waals surface area contributed by atoms with E-state index in [1.807, 2.05) is 20.9 Å². The van der Waals surface area contributed by atoms with Gasteiger partial charge in [-0.3, -0.25) is 9.59 Å². The van der Waals surface area contributed by atoms with Gasteiger partial charge in [0.15, 0.2) is 0 Å². The van der Waals surface area contributed by atoms with Crippen LogP contribution in [0.2, 0.25) is 0 Å². The second-order valence-electron chi connectivity index (χ2n) is 5.53. The lowest BCUT2D eigenvalue weighted by Crippen LogP contribution is -2.46. The van der Waals surface area contributed by atoms with Gasteiger partial charge >= 0.3 is 5.97 Å². The molecule has 1 aliphatic heterocycles. The Bertz CT molecular complexity index is 342. The summed E-state index contributed by atoms with van der Waals surface area (Å²) in [6, 6.07) is 0. The molecule has 0 saturated carbocycles. The number of hydrogen-bond donors (Lipinski definition) is 2. The molecule has 0 aromatic heterocycles. The Hall–Kier alpha value is -1.14. The lowest BCUT2D eigenvalue weighted by molar-refractivity contribution is -0.152. The van der Waals surface area contributed by atoms with Crippen molar-refractivity contribution in [2.24, 2.45) is 5.41 Å². The lowest BCUT2D eigenvalue weighted by atomic mass is 9.79. The third kappa shape index (κ3) is 4.45. The molecule has 1 fully saturated rings. The number of carboxylic acid groups (broad SMARTS) is 1. The van der Waals surface area contributed by atoms with Gasteiger partial charge in [0, 0.05) is 26.1 Å². The van der Waals surface area contributed by atoms with Crippen LogP contribution in [0, 0.1) is 5.41 Å². The van der Waals surface area contributed by atoms with Crippen LogP contribution in [0.15, 0.2) is 0 Å². The van der Waals surface area contributed by atoms with E-state index in [-0.39, 0.29) is 18.4 Å². The summed E-state index contributed by atoms with van der Waals surface area (Å²) in [6.45, 7) is 6.41. The van der Waals surface area contributed by atoms with Gasteiger partial charge in [-0.15, -0.1) is 0 Å². The minimum Gasteiger partial charge on any atom is -0.481 e. The van der Waals surface area contributed by atoms with E-state index in [1.54, 1.807) is 0 Å². The van der Waals surface area contributed by atoms with E-state index in [1.165, 1.54) is 0 Å². The van der Waals surface area contributed by atoms with E-state index in [0.29, 0.717) is 26.0 Å². The molecule has 20 heavy (non-hydrogen) atoms. The molecule has 0 aromatic carbocycles. The molecule has 0 aliphatic carbocycles. The Balaban J connectivity index is 2.44. The van der Waals surface area contributed by atoms with Crippen LogP contribution in [0.5, 0.6) is 0 Å². The molecule has 1 atom stereocenters. The number of carbonyl (C=O) groups excluding carboxylic acids is 1. The summed E-state index contributed by atoms with van der Waals surface area (Å²) < 4.78 is 5.56. The zero-order valence-electron chi connectivity index (χ0n) is 12.6. The number of aliphatic carboxylic acids is 1.